The van der Waals surface area contributed by atoms with Crippen molar-refractivity contribution in [1.29, 1.82) is 0 Å². The highest BCUT2D eigenvalue weighted by Crippen LogP contribution is 2.38. The van der Waals surface area contributed by atoms with Crippen LogP contribution in [0.15, 0.2) is 46.9 Å². The van der Waals surface area contributed by atoms with E-state index in [0.29, 0.717) is 11.6 Å². The molecule has 3 nitrogen and oxygen atoms in total. The predicted molar refractivity (Wildman–Crippen MR) is 87.5 cm³/mol. The molecule has 2 aromatic carbocycles. The zero-order valence-electron chi connectivity index (χ0n) is 11.7. The van der Waals surface area contributed by atoms with E-state index in [2.05, 4.69) is 46.0 Å². The summed E-state index contributed by atoms with van der Waals surface area (Å²) in [5.41, 5.74) is 3.70. The van der Waals surface area contributed by atoms with Crippen LogP contribution in [0.4, 0.5) is 11.4 Å². The van der Waals surface area contributed by atoms with E-state index in [0.717, 1.165) is 23.0 Å². The van der Waals surface area contributed by atoms with Crippen molar-refractivity contribution in [1.82, 2.24) is 0 Å². The van der Waals surface area contributed by atoms with Crippen LogP contribution in [0.2, 0.25) is 0 Å². The summed E-state index contributed by atoms with van der Waals surface area (Å²) in [7, 11) is 0. The van der Waals surface area contributed by atoms with Gasteiger partial charge in [0.25, 0.3) is 0 Å². The fraction of sp³-hybridized carbons (Fsp3) is 0.235. The fourth-order valence-corrected chi connectivity index (χ4v) is 3.40. The van der Waals surface area contributed by atoms with Gasteiger partial charge in [-0.15, -0.1) is 0 Å². The van der Waals surface area contributed by atoms with Gasteiger partial charge in [-0.1, -0.05) is 34.1 Å². The second-order valence-electron chi connectivity index (χ2n) is 5.39. The van der Waals surface area contributed by atoms with Crippen molar-refractivity contribution < 1.29 is 9.90 Å². The summed E-state index contributed by atoms with van der Waals surface area (Å²) in [6, 6.07) is 14.0. The van der Waals surface area contributed by atoms with Gasteiger partial charge in [-0.25, -0.2) is 4.79 Å². The molecule has 1 heterocycles. The molecule has 0 spiro atoms. The van der Waals surface area contributed by atoms with Gasteiger partial charge >= 0.3 is 5.97 Å². The van der Waals surface area contributed by atoms with Crippen LogP contribution in [-0.4, -0.2) is 17.1 Å². The van der Waals surface area contributed by atoms with Crippen molar-refractivity contribution in [3.63, 3.8) is 0 Å². The summed E-state index contributed by atoms with van der Waals surface area (Å²) in [4.78, 5) is 13.5. The van der Waals surface area contributed by atoms with E-state index in [4.69, 9.17) is 0 Å². The molecule has 0 aliphatic carbocycles. The van der Waals surface area contributed by atoms with Crippen molar-refractivity contribution in [2.24, 2.45) is 0 Å². The Morgan fingerprint density at radius 2 is 2.05 bits per heavy atom. The number of benzene rings is 2. The third-order valence-electron chi connectivity index (χ3n) is 3.93. The van der Waals surface area contributed by atoms with Gasteiger partial charge in [0.2, 0.25) is 0 Å². The van der Waals surface area contributed by atoms with Gasteiger partial charge in [-0.05, 0) is 49.6 Å². The summed E-state index contributed by atoms with van der Waals surface area (Å²) < 4.78 is 0.785. The van der Waals surface area contributed by atoms with Gasteiger partial charge < -0.3 is 10.0 Å². The Hall–Kier alpha value is -1.81. The molecule has 0 radical (unpaired) electrons. The second kappa shape index (κ2) is 5.53. The average Bonchev–Trinajstić information content (AvgIpc) is 2.46. The number of carboxylic acid groups (broad SMARTS) is 1. The highest BCUT2D eigenvalue weighted by atomic mass is 79.9. The molecule has 1 unspecified atom stereocenters. The standard InChI is InChI=1S/C17H16BrNO2/c1-11-6-7-12-4-2-3-5-16(12)19(11)15-9-13(17(20)21)8-14(18)10-15/h2-5,8-11H,6-7H2,1H3,(H,20,21). The van der Waals surface area contributed by atoms with E-state index in [-0.39, 0.29) is 0 Å². The Balaban J connectivity index is 2.13. The first kappa shape index (κ1) is 14.1. The first-order valence-corrected chi connectivity index (χ1v) is 7.76. The lowest BCUT2D eigenvalue weighted by atomic mass is 9.95. The highest BCUT2D eigenvalue weighted by Gasteiger charge is 2.24. The highest BCUT2D eigenvalue weighted by molar-refractivity contribution is 9.10. The van der Waals surface area contributed by atoms with Crippen molar-refractivity contribution in [3.8, 4) is 0 Å². The van der Waals surface area contributed by atoms with E-state index in [1.807, 2.05) is 12.1 Å². The van der Waals surface area contributed by atoms with Crippen LogP contribution in [0, 0.1) is 0 Å². The summed E-state index contributed by atoms with van der Waals surface area (Å²) in [5, 5.41) is 9.25. The minimum Gasteiger partial charge on any atom is -0.478 e. The molecule has 3 rings (SSSR count). The summed E-state index contributed by atoms with van der Waals surface area (Å²) in [6.45, 7) is 2.18. The molecule has 0 bridgehead atoms. The van der Waals surface area contributed by atoms with Gasteiger partial charge in [0.05, 0.1) is 5.56 Å². The summed E-state index contributed by atoms with van der Waals surface area (Å²) >= 11 is 3.42. The lowest BCUT2D eigenvalue weighted by Crippen LogP contribution is -2.33. The van der Waals surface area contributed by atoms with Crippen molar-refractivity contribution in [2.45, 2.75) is 25.8 Å². The molecule has 4 heteroatoms. The number of anilines is 2. The molecule has 0 amide bonds. The Labute approximate surface area is 132 Å². The number of aryl methyl sites for hydroxylation is 1. The molecule has 0 saturated heterocycles. The van der Waals surface area contributed by atoms with Crippen LogP contribution in [0.5, 0.6) is 0 Å². The van der Waals surface area contributed by atoms with E-state index < -0.39 is 5.97 Å². The van der Waals surface area contributed by atoms with Gasteiger partial charge in [0, 0.05) is 21.9 Å². The van der Waals surface area contributed by atoms with Crippen molar-refractivity contribution >= 4 is 33.3 Å². The second-order valence-corrected chi connectivity index (χ2v) is 6.31. The molecular formula is C17H16BrNO2. The van der Waals surface area contributed by atoms with E-state index in [9.17, 15) is 9.90 Å². The first-order valence-electron chi connectivity index (χ1n) is 6.97. The number of hydrogen-bond donors (Lipinski definition) is 1. The van der Waals surface area contributed by atoms with E-state index in [1.54, 1.807) is 12.1 Å². The lowest BCUT2D eigenvalue weighted by molar-refractivity contribution is 0.0697. The molecule has 21 heavy (non-hydrogen) atoms. The topological polar surface area (TPSA) is 40.5 Å². The number of hydrogen-bond acceptors (Lipinski definition) is 2. The normalized spacial score (nSPS) is 17.4. The van der Waals surface area contributed by atoms with Crippen LogP contribution >= 0.6 is 15.9 Å². The minimum atomic E-state index is -0.907. The molecule has 0 aromatic heterocycles. The van der Waals surface area contributed by atoms with Gasteiger partial charge in [-0.3, -0.25) is 0 Å². The molecule has 1 N–H and O–H groups in total. The number of halogens is 1. The Morgan fingerprint density at radius 1 is 1.29 bits per heavy atom. The molecule has 1 aliphatic rings. The average molecular weight is 346 g/mol. The SMILES string of the molecule is CC1CCc2ccccc2N1c1cc(Br)cc(C(=O)O)c1. The Kier molecular flexibility index (Phi) is 3.72. The Morgan fingerprint density at radius 3 is 2.81 bits per heavy atom. The predicted octanol–water partition coefficient (Wildman–Crippen LogP) is 4.62. The zero-order chi connectivity index (χ0) is 15.0. The summed E-state index contributed by atoms with van der Waals surface area (Å²) in [6.07, 6.45) is 2.12. The largest absolute Gasteiger partial charge is 0.478 e. The number of nitrogens with zero attached hydrogens (tertiary/aromatic N) is 1. The van der Waals surface area contributed by atoms with E-state index >= 15 is 0 Å². The van der Waals surface area contributed by atoms with Crippen LogP contribution in [0.25, 0.3) is 0 Å². The Bertz CT molecular complexity index is 699. The molecule has 0 fully saturated rings. The summed E-state index contributed by atoms with van der Waals surface area (Å²) in [5.74, 6) is -0.907. The number of carbonyl (C=O) groups is 1. The first-order chi connectivity index (χ1) is 10.1. The van der Waals surface area contributed by atoms with Crippen LogP contribution < -0.4 is 4.90 Å². The molecule has 0 saturated carbocycles. The molecule has 1 atom stereocenters. The van der Waals surface area contributed by atoms with Gasteiger partial charge in [-0.2, -0.15) is 0 Å². The number of fused-ring (bicyclic) bond motifs is 1. The molecule has 1 aliphatic heterocycles. The number of para-hydroxylation sites is 1. The maximum Gasteiger partial charge on any atom is 0.335 e. The van der Waals surface area contributed by atoms with Crippen LogP contribution in [0.3, 0.4) is 0 Å². The minimum absolute atomic E-state index is 0.301. The molecule has 108 valence electrons. The van der Waals surface area contributed by atoms with E-state index in [1.165, 1.54) is 11.3 Å². The van der Waals surface area contributed by atoms with Crippen molar-refractivity contribution in [2.75, 3.05) is 4.90 Å². The quantitative estimate of drug-likeness (QED) is 0.863. The van der Waals surface area contributed by atoms with Crippen LogP contribution in [-0.2, 0) is 6.42 Å². The number of rotatable bonds is 2. The van der Waals surface area contributed by atoms with Crippen LogP contribution in [0.1, 0.15) is 29.3 Å². The number of aromatic carboxylic acids is 1. The number of carboxylic acids is 1. The lowest BCUT2D eigenvalue weighted by Gasteiger charge is -2.37. The fourth-order valence-electron chi connectivity index (χ4n) is 2.92. The monoisotopic (exact) mass is 345 g/mol. The van der Waals surface area contributed by atoms with Crippen molar-refractivity contribution in [3.05, 3.63) is 58.1 Å². The third-order valence-corrected chi connectivity index (χ3v) is 4.39. The maximum absolute atomic E-state index is 11.3. The third kappa shape index (κ3) is 2.68. The molecule has 2 aromatic rings. The smallest absolute Gasteiger partial charge is 0.335 e. The van der Waals surface area contributed by atoms with Gasteiger partial charge in [0.15, 0.2) is 0 Å². The van der Waals surface area contributed by atoms with Gasteiger partial charge in [0.1, 0.15) is 0 Å². The zero-order valence-corrected chi connectivity index (χ0v) is 13.3. The maximum atomic E-state index is 11.3. The molecular weight excluding hydrogens is 330 g/mol.